The molecule has 128 valence electrons. The second-order valence-electron chi connectivity index (χ2n) is 6.77. The number of carboxylic acids is 1. The van der Waals surface area contributed by atoms with Gasteiger partial charge in [0.2, 0.25) is 0 Å². The van der Waals surface area contributed by atoms with E-state index in [0.717, 1.165) is 35.5 Å². The van der Waals surface area contributed by atoms with E-state index < -0.39 is 5.97 Å². The number of aromatic nitrogens is 2. The Labute approximate surface area is 142 Å². The fraction of sp³-hybridized carbons (Fsp3) is 0.500. The number of anilines is 1. The Morgan fingerprint density at radius 2 is 1.96 bits per heavy atom. The Morgan fingerprint density at radius 1 is 1.25 bits per heavy atom. The fourth-order valence-corrected chi connectivity index (χ4v) is 3.15. The maximum atomic E-state index is 11.1. The smallest absolute Gasteiger partial charge is 0.140 e. The minimum Gasteiger partial charge on any atom is -0.550 e. The third-order valence-corrected chi connectivity index (χ3v) is 4.61. The average Bonchev–Trinajstić information content (AvgIpc) is 2.59. The Balaban J connectivity index is 1.89. The van der Waals surface area contributed by atoms with Crippen molar-refractivity contribution < 1.29 is 14.8 Å². The van der Waals surface area contributed by atoms with Gasteiger partial charge in [-0.2, -0.15) is 0 Å². The van der Waals surface area contributed by atoms with Gasteiger partial charge in [-0.3, -0.25) is 0 Å². The predicted octanol–water partition coefficient (Wildman–Crippen LogP) is -0.717. The number of nitrogens with zero attached hydrogens (tertiary/aromatic N) is 3. The van der Waals surface area contributed by atoms with Gasteiger partial charge in [-0.1, -0.05) is 12.1 Å². The van der Waals surface area contributed by atoms with Gasteiger partial charge in [0.25, 0.3) is 0 Å². The number of piperidine rings is 1. The number of rotatable bonds is 5. The number of likely N-dealkylation sites (N-methyl/N-ethyl adjacent to an activating group) is 1. The lowest BCUT2D eigenvalue weighted by atomic mass is 9.97. The third kappa shape index (κ3) is 3.64. The molecule has 0 amide bonds. The standard InChI is InChI=1S/C18H24N4O2/c1-21(2)10-9-16-19-15-6-4-3-5-14(15)17(20-16)22-11-7-13(8-12-22)18(23)24/h3-6,13H,7-12H2,1-2H3,(H,23,24). The van der Waals surface area contributed by atoms with E-state index in [4.69, 9.17) is 9.97 Å². The number of quaternary nitrogens is 1. The van der Waals surface area contributed by atoms with E-state index in [2.05, 4.69) is 19.0 Å². The number of carbonyl (C=O) groups excluding carboxylic acids is 1. The van der Waals surface area contributed by atoms with E-state index >= 15 is 0 Å². The molecule has 0 aliphatic carbocycles. The summed E-state index contributed by atoms with van der Waals surface area (Å²) in [5, 5.41) is 12.1. The molecule has 6 heteroatoms. The highest BCUT2D eigenvalue weighted by molar-refractivity contribution is 5.89. The van der Waals surface area contributed by atoms with Gasteiger partial charge in [0, 0.05) is 30.4 Å². The van der Waals surface area contributed by atoms with Crippen molar-refractivity contribution in [2.45, 2.75) is 19.3 Å². The third-order valence-electron chi connectivity index (χ3n) is 4.61. The van der Waals surface area contributed by atoms with Crippen molar-refractivity contribution in [3.8, 4) is 0 Å². The first-order chi connectivity index (χ1) is 11.5. The minimum absolute atomic E-state index is 0.342. The number of hydrogen-bond acceptors (Lipinski definition) is 5. The summed E-state index contributed by atoms with van der Waals surface area (Å²) in [7, 11) is 4.24. The quantitative estimate of drug-likeness (QED) is 0.784. The van der Waals surface area contributed by atoms with E-state index in [-0.39, 0.29) is 5.92 Å². The summed E-state index contributed by atoms with van der Waals surface area (Å²) >= 11 is 0. The van der Waals surface area contributed by atoms with Crippen molar-refractivity contribution in [3.05, 3.63) is 30.1 Å². The number of carboxylic acid groups (broad SMARTS) is 1. The largest absolute Gasteiger partial charge is 0.550 e. The molecule has 0 saturated carbocycles. The van der Waals surface area contributed by atoms with Gasteiger partial charge in [0.05, 0.1) is 32.6 Å². The van der Waals surface area contributed by atoms with Crippen molar-refractivity contribution >= 4 is 22.7 Å². The molecule has 0 bridgehead atoms. The van der Waals surface area contributed by atoms with E-state index in [9.17, 15) is 9.90 Å². The minimum atomic E-state index is -0.933. The maximum absolute atomic E-state index is 11.1. The molecule has 1 saturated heterocycles. The number of fused-ring (bicyclic) bond motifs is 1. The van der Waals surface area contributed by atoms with Crippen LogP contribution in [0.15, 0.2) is 24.3 Å². The molecule has 24 heavy (non-hydrogen) atoms. The van der Waals surface area contributed by atoms with Gasteiger partial charge in [-0.15, -0.1) is 0 Å². The molecule has 1 N–H and O–H groups in total. The van der Waals surface area contributed by atoms with Crippen LogP contribution in [0.25, 0.3) is 10.9 Å². The lowest BCUT2D eigenvalue weighted by Crippen LogP contribution is -3.06. The number of para-hydroxylation sites is 1. The molecule has 1 aromatic heterocycles. The van der Waals surface area contributed by atoms with Gasteiger partial charge in [-0.05, 0) is 25.0 Å². The number of nitrogens with one attached hydrogen (secondary N) is 1. The van der Waals surface area contributed by atoms with Gasteiger partial charge in [0.15, 0.2) is 0 Å². The zero-order chi connectivity index (χ0) is 17.1. The van der Waals surface area contributed by atoms with Crippen LogP contribution in [0.4, 0.5) is 5.82 Å². The lowest BCUT2D eigenvalue weighted by molar-refractivity contribution is -0.858. The van der Waals surface area contributed by atoms with Crippen LogP contribution < -0.4 is 14.9 Å². The summed E-state index contributed by atoms with van der Waals surface area (Å²) < 4.78 is 0. The predicted molar refractivity (Wildman–Crippen MR) is 90.9 cm³/mol. The monoisotopic (exact) mass is 328 g/mol. The zero-order valence-corrected chi connectivity index (χ0v) is 14.3. The van der Waals surface area contributed by atoms with Gasteiger partial charge < -0.3 is 19.7 Å². The van der Waals surface area contributed by atoms with Crippen LogP contribution in [0.2, 0.25) is 0 Å². The molecule has 0 unspecified atom stereocenters. The van der Waals surface area contributed by atoms with Crippen LogP contribution in [0.1, 0.15) is 18.7 Å². The van der Waals surface area contributed by atoms with E-state index in [0.29, 0.717) is 25.9 Å². The van der Waals surface area contributed by atoms with E-state index in [1.54, 1.807) is 0 Å². The van der Waals surface area contributed by atoms with Crippen molar-refractivity contribution in [1.29, 1.82) is 0 Å². The second-order valence-corrected chi connectivity index (χ2v) is 6.77. The Hall–Kier alpha value is -2.21. The van der Waals surface area contributed by atoms with Crippen LogP contribution in [0.3, 0.4) is 0 Å². The van der Waals surface area contributed by atoms with Crippen LogP contribution in [0.5, 0.6) is 0 Å². The molecule has 1 aliphatic heterocycles. The number of aliphatic carboxylic acids is 1. The van der Waals surface area contributed by atoms with E-state index in [1.807, 2.05) is 24.3 Å². The molecule has 1 aromatic carbocycles. The van der Waals surface area contributed by atoms with Crippen LogP contribution in [-0.2, 0) is 11.2 Å². The number of hydrogen-bond donors (Lipinski definition) is 1. The molecule has 2 aromatic rings. The lowest BCUT2D eigenvalue weighted by Gasteiger charge is -2.33. The highest BCUT2D eigenvalue weighted by atomic mass is 16.4. The molecule has 2 heterocycles. The molecular formula is C18H24N4O2. The van der Waals surface area contributed by atoms with Crippen molar-refractivity contribution in [1.82, 2.24) is 9.97 Å². The van der Waals surface area contributed by atoms with Gasteiger partial charge in [0.1, 0.15) is 11.6 Å². The highest BCUT2D eigenvalue weighted by Gasteiger charge is 2.23. The number of carbonyl (C=O) groups is 1. The van der Waals surface area contributed by atoms with Crippen LogP contribution in [0, 0.1) is 5.92 Å². The first kappa shape index (κ1) is 16.6. The molecule has 0 spiro atoms. The van der Waals surface area contributed by atoms with Crippen LogP contribution in [-0.4, -0.2) is 49.7 Å². The Morgan fingerprint density at radius 3 is 2.62 bits per heavy atom. The summed E-state index contributed by atoms with van der Waals surface area (Å²) in [5.41, 5.74) is 0.952. The van der Waals surface area contributed by atoms with Crippen molar-refractivity contribution in [3.63, 3.8) is 0 Å². The Kier molecular flexibility index (Phi) is 4.94. The molecular weight excluding hydrogens is 304 g/mol. The first-order valence-corrected chi connectivity index (χ1v) is 8.55. The van der Waals surface area contributed by atoms with E-state index in [1.165, 1.54) is 4.90 Å². The maximum Gasteiger partial charge on any atom is 0.140 e. The normalized spacial score (nSPS) is 16.0. The molecule has 6 nitrogen and oxygen atoms in total. The highest BCUT2D eigenvalue weighted by Crippen LogP contribution is 2.28. The molecule has 3 rings (SSSR count). The summed E-state index contributed by atoms with van der Waals surface area (Å²) in [4.78, 5) is 24.1. The Bertz CT molecular complexity index is 724. The topological polar surface area (TPSA) is 73.6 Å². The average molecular weight is 328 g/mol. The SMILES string of the molecule is C[NH+](C)CCc1nc(N2CCC(C(=O)[O-])CC2)c2ccccc2n1. The molecule has 1 aliphatic rings. The molecule has 1 fully saturated rings. The molecule has 0 atom stereocenters. The molecule has 0 radical (unpaired) electrons. The van der Waals surface area contributed by atoms with Crippen molar-refractivity contribution in [2.75, 3.05) is 38.6 Å². The van der Waals surface area contributed by atoms with Crippen molar-refractivity contribution in [2.24, 2.45) is 5.92 Å². The summed E-state index contributed by atoms with van der Waals surface area (Å²) in [6.07, 6.45) is 2.05. The summed E-state index contributed by atoms with van der Waals surface area (Å²) in [6, 6.07) is 8.03. The zero-order valence-electron chi connectivity index (χ0n) is 14.3. The first-order valence-electron chi connectivity index (χ1n) is 8.55. The van der Waals surface area contributed by atoms with Gasteiger partial charge in [-0.25, -0.2) is 9.97 Å². The van der Waals surface area contributed by atoms with Crippen LogP contribution >= 0.6 is 0 Å². The second kappa shape index (κ2) is 7.13. The number of benzene rings is 1. The summed E-state index contributed by atoms with van der Waals surface area (Å²) in [6.45, 7) is 2.36. The van der Waals surface area contributed by atoms with Gasteiger partial charge >= 0.3 is 0 Å². The summed E-state index contributed by atoms with van der Waals surface area (Å²) in [5.74, 6) is 0.510. The fourth-order valence-electron chi connectivity index (χ4n) is 3.15.